The zero-order valence-electron chi connectivity index (χ0n) is 7.02. The van der Waals surface area contributed by atoms with Crippen LogP contribution in [-0.2, 0) is 4.79 Å². The molecule has 0 saturated heterocycles. The van der Waals surface area contributed by atoms with Crippen LogP contribution in [0.2, 0.25) is 0 Å². The summed E-state index contributed by atoms with van der Waals surface area (Å²) in [5.74, 6) is -0.556. The van der Waals surface area contributed by atoms with Gasteiger partial charge in [-0.05, 0) is 12.3 Å². The van der Waals surface area contributed by atoms with Crippen LogP contribution in [0.3, 0.4) is 0 Å². The van der Waals surface area contributed by atoms with E-state index in [0.717, 1.165) is 0 Å². The summed E-state index contributed by atoms with van der Waals surface area (Å²) >= 11 is 0. The van der Waals surface area contributed by atoms with E-state index in [1.165, 1.54) is 0 Å². The van der Waals surface area contributed by atoms with Gasteiger partial charge in [0, 0.05) is 0 Å². The molecule has 0 fully saturated rings. The van der Waals surface area contributed by atoms with Crippen LogP contribution in [0.5, 0.6) is 0 Å². The number of aliphatic carboxylic acids is 1. The zero-order chi connectivity index (χ0) is 7.44. The lowest BCUT2D eigenvalue weighted by Gasteiger charge is -2.07. The first-order chi connectivity index (χ1) is 4.04. The quantitative estimate of drug-likeness (QED) is 0.789. The highest BCUT2D eigenvalue weighted by molar-refractivity contribution is 5.86. The molecule has 0 radical (unpaired) electrons. The molecule has 0 aromatic carbocycles. The molecule has 0 aliphatic rings. The number of halogens is 3. The summed E-state index contributed by atoms with van der Waals surface area (Å²) < 4.78 is 0. The molecule has 12 heavy (non-hydrogen) atoms. The highest BCUT2D eigenvalue weighted by Crippen LogP contribution is 2.01. The molecule has 6 heteroatoms. The number of hydrogen-bond acceptors (Lipinski definition) is 2. The van der Waals surface area contributed by atoms with Crippen molar-refractivity contribution >= 4 is 43.2 Å². The van der Waals surface area contributed by atoms with Crippen molar-refractivity contribution in [3.8, 4) is 0 Å². The normalized spacial score (nSPS) is 10.3. The highest BCUT2D eigenvalue weighted by atomic mass is 35.5. The maximum absolute atomic E-state index is 10.1. The van der Waals surface area contributed by atoms with E-state index in [0.29, 0.717) is 12.3 Å². The second-order valence-electron chi connectivity index (χ2n) is 2.57. The lowest BCUT2D eigenvalue weighted by Crippen LogP contribution is -2.31. The largest absolute Gasteiger partial charge is 0.480 e. The molecule has 0 aliphatic carbocycles. The lowest BCUT2D eigenvalue weighted by molar-refractivity contribution is -0.138. The molecular formula is C6H16Cl3NO2. The minimum atomic E-state index is -0.913. The molecule has 0 rings (SSSR count). The van der Waals surface area contributed by atoms with Crippen molar-refractivity contribution in [1.29, 1.82) is 0 Å². The van der Waals surface area contributed by atoms with Crippen molar-refractivity contribution in [2.75, 3.05) is 0 Å². The molecule has 0 bridgehead atoms. The first kappa shape index (κ1) is 22.8. The van der Waals surface area contributed by atoms with Crippen molar-refractivity contribution in [2.24, 2.45) is 11.7 Å². The smallest absolute Gasteiger partial charge is 0.320 e. The lowest BCUT2D eigenvalue weighted by atomic mass is 10.1. The minimum absolute atomic E-state index is 0. The van der Waals surface area contributed by atoms with E-state index in [4.69, 9.17) is 10.8 Å². The van der Waals surface area contributed by atoms with Crippen LogP contribution in [0.4, 0.5) is 0 Å². The Morgan fingerprint density at radius 3 is 1.75 bits per heavy atom. The standard InChI is InChI=1S/C6H13NO2.3ClH/c1-4(2)3-5(7)6(8)9;;;/h4-5H,3,7H2,1-2H3,(H,8,9);3*1H/t5-;;;/m0.../s1. The third kappa shape index (κ3) is 12.9. The molecule has 0 saturated carbocycles. The van der Waals surface area contributed by atoms with Gasteiger partial charge in [-0.25, -0.2) is 0 Å². The number of carboxylic acids is 1. The molecule has 3 nitrogen and oxygen atoms in total. The molecule has 0 heterocycles. The van der Waals surface area contributed by atoms with Gasteiger partial charge in [-0.1, -0.05) is 13.8 Å². The number of carbonyl (C=O) groups is 1. The molecule has 0 spiro atoms. The van der Waals surface area contributed by atoms with Crippen LogP contribution in [0, 0.1) is 5.92 Å². The van der Waals surface area contributed by atoms with Crippen LogP contribution in [-0.4, -0.2) is 17.1 Å². The first-order valence-corrected chi connectivity index (χ1v) is 3.02. The van der Waals surface area contributed by atoms with Gasteiger partial charge in [0.15, 0.2) is 0 Å². The number of carboxylic acid groups (broad SMARTS) is 1. The topological polar surface area (TPSA) is 63.3 Å². The van der Waals surface area contributed by atoms with Crippen LogP contribution < -0.4 is 5.73 Å². The third-order valence-corrected chi connectivity index (χ3v) is 1.04. The van der Waals surface area contributed by atoms with Crippen molar-refractivity contribution in [1.82, 2.24) is 0 Å². The van der Waals surface area contributed by atoms with Crippen LogP contribution in [0.25, 0.3) is 0 Å². The van der Waals surface area contributed by atoms with E-state index < -0.39 is 12.0 Å². The molecule has 1 atom stereocenters. The fourth-order valence-corrected chi connectivity index (χ4v) is 0.609. The molecule has 0 unspecified atom stereocenters. The van der Waals surface area contributed by atoms with E-state index in [9.17, 15) is 4.79 Å². The summed E-state index contributed by atoms with van der Waals surface area (Å²) in [5, 5.41) is 8.31. The Hall–Kier alpha value is 0.300. The highest BCUT2D eigenvalue weighted by Gasteiger charge is 2.11. The maximum atomic E-state index is 10.1. The molecule has 0 aromatic rings. The van der Waals surface area contributed by atoms with Gasteiger partial charge in [0.05, 0.1) is 0 Å². The van der Waals surface area contributed by atoms with Crippen LogP contribution >= 0.6 is 37.2 Å². The fraction of sp³-hybridized carbons (Fsp3) is 0.833. The Labute approximate surface area is 91.3 Å². The minimum Gasteiger partial charge on any atom is -0.480 e. The summed E-state index contributed by atoms with van der Waals surface area (Å²) in [6, 6.07) is -0.690. The summed E-state index contributed by atoms with van der Waals surface area (Å²) in [4.78, 5) is 10.1. The van der Waals surface area contributed by atoms with E-state index in [2.05, 4.69) is 0 Å². The van der Waals surface area contributed by atoms with Crippen molar-refractivity contribution in [2.45, 2.75) is 26.3 Å². The Kier molecular flexibility index (Phi) is 21.5. The molecular weight excluding hydrogens is 224 g/mol. The number of hydrogen-bond donors (Lipinski definition) is 2. The Morgan fingerprint density at radius 1 is 1.33 bits per heavy atom. The Morgan fingerprint density at radius 2 is 1.67 bits per heavy atom. The van der Waals surface area contributed by atoms with E-state index in [1.54, 1.807) is 0 Å². The average Bonchev–Trinajstić information content (AvgIpc) is 1.63. The van der Waals surface area contributed by atoms with Crippen LogP contribution in [0.15, 0.2) is 0 Å². The Balaban J connectivity index is -0.000000107. The van der Waals surface area contributed by atoms with Gasteiger partial charge in [0.1, 0.15) is 6.04 Å². The molecule has 0 aromatic heterocycles. The summed E-state index contributed by atoms with van der Waals surface area (Å²) in [5.41, 5.74) is 5.22. The van der Waals surface area contributed by atoms with E-state index in [-0.39, 0.29) is 37.2 Å². The summed E-state index contributed by atoms with van der Waals surface area (Å²) in [7, 11) is 0. The molecule has 3 N–H and O–H groups in total. The van der Waals surface area contributed by atoms with Gasteiger partial charge in [0.25, 0.3) is 0 Å². The zero-order valence-corrected chi connectivity index (χ0v) is 9.47. The second kappa shape index (κ2) is 11.3. The molecule has 78 valence electrons. The Bertz CT molecular complexity index is 111. The monoisotopic (exact) mass is 239 g/mol. The van der Waals surface area contributed by atoms with Gasteiger partial charge in [-0.2, -0.15) is 0 Å². The van der Waals surface area contributed by atoms with Crippen molar-refractivity contribution in [3.05, 3.63) is 0 Å². The second-order valence-corrected chi connectivity index (χ2v) is 2.57. The predicted molar refractivity (Wildman–Crippen MR) is 56.8 cm³/mol. The van der Waals surface area contributed by atoms with Gasteiger partial charge in [0.2, 0.25) is 0 Å². The van der Waals surface area contributed by atoms with Crippen LogP contribution in [0.1, 0.15) is 20.3 Å². The third-order valence-electron chi connectivity index (χ3n) is 1.04. The summed E-state index contributed by atoms with van der Waals surface area (Å²) in [6.07, 6.45) is 0.551. The predicted octanol–water partition coefficient (Wildman–Crippen LogP) is 1.71. The van der Waals surface area contributed by atoms with Crippen molar-refractivity contribution < 1.29 is 9.90 Å². The molecule has 0 aliphatic heterocycles. The van der Waals surface area contributed by atoms with Crippen molar-refractivity contribution in [3.63, 3.8) is 0 Å². The van der Waals surface area contributed by atoms with E-state index in [1.807, 2.05) is 13.8 Å². The van der Waals surface area contributed by atoms with Gasteiger partial charge < -0.3 is 10.8 Å². The van der Waals surface area contributed by atoms with Gasteiger partial charge >= 0.3 is 5.97 Å². The van der Waals surface area contributed by atoms with Gasteiger partial charge in [-0.15, -0.1) is 37.2 Å². The summed E-state index contributed by atoms with van der Waals surface area (Å²) in [6.45, 7) is 3.89. The number of rotatable bonds is 3. The number of nitrogens with two attached hydrogens (primary N) is 1. The van der Waals surface area contributed by atoms with Gasteiger partial charge in [-0.3, -0.25) is 4.79 Å². The van der Waals surface area contributed by atoms with E-state index >= 15 is 0 Å². The maximum Gasteiger partial charge on any atom is 0.320 e. The first-order valence-electron chi connectivity index (χ1n) is 3.02. The molecule has 0 amide bonds. The average molecular weight is 241 g/mol. The fourth-order valence-electron chi connectivity index (χ4n) is 0.609. The SMILES string of the molecule is CC(C)C[C@H](N)C(=O)O.Cl.Cl.Cl.